The average Bonchev–Trinajstić information content (AvgIpc) is 2.80. The van der Waals surface area contributed by atoms with Gasteiger partial charge in [-0.15, -0.1) is 0 Å². The van der Waals surface area contributed by atoms with Crippen LogP contribution in [0.25, 0.3) is 0 Å². The smallest absolute Gasteiger partial charge is 0.267 e. The fourth-order valence-corrected chi connectivity index (χ4v) is 4.52. The zero-order chi connectivity index (χ0) is 26.4. The molecule has 0 aromatic rings. The fraction of sp³-hybridized carbons (Fsp3) is 0.815. The van der Waals surface area contributed by atoms with Gasteiger partial charge in [0.1, 0.15) is 6.10 Å². The normalized spacial score (nSPS) is 15.0. The summed E-state index contributed by atoms with van der Waals surface area (Å²) in [5, 5.41) is 22.9. The summed E-state index contributed by atoms with van der Waals surface area (Å²) in [5.41, 5.74) is 0. The van der Waals surface area contributed by atoms with E-state index in [0.717, 1.165) is 51.4 Å². The van der Waals surface area contributed by atoms with E-state index in [0.29, 0.717) is 6.42 Å². The van der Waals surface area contributed by atoms with Gasteiger partial charge in [-0.3, -0.25) is 9.35 Å². The molecule has 0 heterocycles. The van der Waals surface area contributed by atoms with Crippen molar-refractivity contribution in [1.29, 1.82) is 0 Å². The summed E-state index contributed by atoms with van der Waals surface area (Å²) in [6, 6.07) is -1.23. The van der Waals surface area contributed by atoms with E-state index in [4.69, 9.17) is 0 Å². The minimum Gasteiger partial charge on any atom is -0.387 e. The molecule has 7 nitrogen and oxygen atoms in total. The maximum Gasteiger partial charge on any atom is 0.267 e. The number of aliphatic hydroxyl groups excluding tert-OH is 2. The summed E-state index contributed by atoms with van der Waals surface area (Å²) in [4.78, 5) is 12.4. The highest BCUT2D eigenvalue weighted by Gasteiger charge is 2.27. The summed E-state index contributed by atoms with van der Waals surface area (Å²) in [6.07, 6.45) is 21.2. The summed E-state index contributed by atoms with van der Waals surface area (Å²) in [7, 11) is -4.42. The number of rotatable bonds is 23. The molecule has 0 fully saturated rings. The van der Waals surface area contributed by atoms with Gasteiger partial charge in [-0.25, -0.2) is 0 Å². The van der Waals surface area contributed by atoms with Crippen molar-refractivity contribution in [2.24, 2.45) is 0 Å². The van der Waals surface area contributed by atoms with E-state index in [1.807, 2.05) is 0 Å². The number of nitrogens with one attached hydrogen (secondary N) is 1. The second-order valence-electron chi connectivity index (χ2n) is 9.46. The van der Waals surface area contributed by atoms with E-state index in [1.165, 1.54) is 44.6 Å². The molecule has 0 aliphatic carbocycles. The first kappa shape index (κ1) is 33.8. The number of carbonyl (C=O) groups excluding carboxylic acids is 1. The Kier molecular flexibility index (Phi) is 21.2. The molecular weight excluding hydrogens is 466 g/mol. The number of carbonyl (C=O) groups is 1. The van der Waals surface area contributed by atoms with Crippen LogP contribution in [-0.2, 0) is 14.9 Å². The van der Waals surface area contributed by atoms with Crippen LogP contribution in [0.4, 0.5) is 0 Å². The minimum atomic E-state index is -4.42. The lowest BCUT2D eigenvalue weighted by Gasteiger charge is -2.22. The van der Waals surface area contributed by atoms with Gasteiger partial charge in [0.15, 0.2) is 0 Å². The molecule has 0 spiro atoms. The summed E-state index contributed by atoms with van der Waals surface area (Å²) < 4.78 is 32.0. The first-order valence-corrected chi connectivity index (χ1v) is 15.3. The van der Waals surface area contributed by atoms with Gasteiger partial charge in [-0.05, 0) is 38.5 Å². The molecule has 0 rings (SSSR count). The maximum atomic E-state index is 12.4. The Morgan fingerprint density at radius 1 is 0.771 bits per heavy atom. The Morgan fingerprint density at radius 3 is 1.89 bits per heavy atom. The third-order valence-electron chi connectivity index (χ3n) is 5.98. The Hall–Kier alpha value is -1.22. The minimum absolute atomic E-state index is 0.265. The third kappa shape index (κ3) is 21.8. The van der Waals surface area contributed by atoms with Crippen LogP contribution in [0.3, 0.4) is 0 Å². The number of hydrogen-bond acceptors (Lipinski definition) is 5. The first-order valence-electron chi connectivity index (χ1n) is 13.6. The van der Waals surface area contributed by atoms with Gasteiger partial charge in [0.25, 0.3) is 10.1 Å². The van der Waals surface area contributed by atoms with Gasteiger partial charge in [-0.2, -0.15) is 8.42 Å². The summed E-state index contributed by atoms with van der Waals surface area (Å²) in [5.74, 6) is -1.55. The molecule has 3 atom stereocenters. The van der Waals surface area contributed by atoms with E-state index < -0.39 is 40.0 Å². The molecule has 0 aliphatic heterocycles. The van der Waals surface area contributed by atoms with Crippen molar-refractivity contribution in [3.8, 4) is 0 Å². The van der Waals surface area contributed by atoms with Crippen molar-refractivity contribution < 1.29 is 28.0 Å². The number of aliphatic hydroxyl groups is 2. The first-order chi connectivity index (χ1) is 16.7. The molecule has 0 aromatic carbocycles. The van der Waals surface area contributed by atoms with Crippen molar-refractivity contribution in [3.05, 3.63) is 24.3 Å². The van der Waals surface area contributed by atoms with Gasteiger partial charge in [0.2, 0.25) is 5.91 Å². The average molecular weight is 518 g/mol. The van der Waals surface area contributed by atoms with Crippen molar-refractivity contribution in [1.82, 2.24) is 5.32 Å². The topological polar surface area (TPSA) is 124 Å². The lowest BCUT2D eigenvalue weighted by Crippen LogP contribution is -2.50. The highest BCUT2D eigenvalue weighted by Crippen LogP contribution is 2.11. The number of allylic oxidation sites excluding steroid dienone is 3. The monoisotopic (exact) mass is 517 g/mol. The molecule has 0 aliphatic rings. The zero-order valence-electron chi connectivity index (χ0n) is 22.0. The van der Waals surface area contributed by atoms with Crippen LogP contribution >= 0.6 is 0 Å². The molecule has 4 N–H and O–H groups in total. The molecular formula is C27H51NO6S. The molecule has 0 saturated heterocycles. The van der Waals surface area contributed by atoms with Gasteiger partial charge in [-0.1, -0.05) is 102 Å². The van der Waals surface area contributed by atoms with Crippen molar-refractivity contribution in [2.75, 3.05) is 5.75 Å². The van der Waals surface area contributed by atoms with Crippen LogP contribution in [0.2, 0.25) is 0 Å². The van der Waals surface area contributed by atoms with Crippen LogP contribution in [-0.4, -0.2) is 53.1 Å². The number of hydrogen-bond donors (Lipinski definition) is 4. The Morgan fingerprint density at radius 2 is 1.29 bits per heavy atom. The van der Waals surface area contributed by atoms with Gasteiger partial charge >= 0.3 is 0 Å². The molecule has 0 radical (unpaired) electrons. The molecule has 8 heteroatoms. The molecule has 3 unspecified atom stereocenters. The van der Waals surface area contributed by atoms with Crippen LogP contribution in [0.5, 0.6) is 0 Å². The zero-order valence-corrected chi connectivity index (χ0v) is 22.9. The number of unbranched alkanes of at least 4 members (excludes halogenated alkanes) is 12. The predicted octanol–water partition coefficient (Wildman–Crippen LogP) is 5.47. The Balaban J connectivity index is 4.37. The summed E-state index contributed by atoms with van der Waals surface area (Å²) >= 11 is 0. The van der Waals surface area contributed by atoms with Gasteiger partial charge in [0.05, 0.1) is 17.9 Å². The van der Waals surface area contributed by atoms with E-state index in [2.05, 4.69) is 31.3 Å². The molecule has 0 bridgehead atoms. The second kappa shape index (κ2) is 22.0. The Labute approximate surface area is 214 Å². The van der Waals surface area contributed by atoms with E-state index >= 15 is 0 Å². The van der Waals surface area contributed by atoms with E-state index in [-0.39, 0.29) is 6.42 Å². The lowest BCUT2D eigenvalue weighted by molar-refractivity contribution is -0.130. The second-order valence-corrected chi connectivity index (χ2v) is 11.0. The molecule has 206 valence electrons. The third-order valence-corrected chi connectivity index (χ3v) is 6.76. The molecule has 0 aromatic heterocycles. The molecule has 0 saturated carbocycles. The maximum absolute atomic E-state index is 12.4. The highest BCUT2D eigenvalue weighted by atomic mass is 32.2. The van der Waals surface area contributed by atoms with E-state index in [1.54, 1.807) is 6.08 Å². The Bertz CT molecular complexity index is 677. The lowest BCUT2D eigenvalue weighted by atomic mass is 10.1. The molecule has 35 heavy (non-hydrogen) atoms. The predicted molar refractivity (Wildman–Crippen MR) is 144 cm³/mol. The standard InChI is InChI=1S/C27H51NO6S/c1-3-5-7-9-11-13-14-16-18-20-22-26(30)27(31)28-24(23-35(32,33)34)25(29)21-19-17-15-12-10-8-6-4-2/h9,11,19,21,24-26,29-30H,3-8,10,12-18,20,22-23H2,1-2H3,(H,28,31)(H,32,33,34)/b11-9-,21-19+. The fourth-order valence-electron chi connectivity index (χ4n) is 3.79. The van der Waals surface area contributed by atoms with Crippen molar-refractivity contribution >= 4 is 16.0 Å². The van der Waals surface area contributed by atoms with Gasteiger partial charge in [0, 0.05) is 0 Å². The van der Waals surface area contributed by atoms with Crippen LogP contribution < -0.4 is 5.32 Å². The van der Waals surface area contributed by atoms with Crippen LogP contribution in [0.15, 0.2) is 24.3 Å². The molecule has 1 amide bonds. The summed E-state index contributed by atoms with van der Waals surface area (Å²) in [6.45, 7) is 4.34. The van der Waals surface area contributed by atoms with Crippen LogP contribution in [0, 0.1) is 0 Å². The SMILES string of the molecule is CCCC/C=C\CCCCCCC(O)C(=O)NC(CS(=O)(=O)O)C(O)/C=C/CCCCCCCC. The quantitative estimate of drug-likeness (QED) is 0.0809. The van der Waals surface area contributed by atoms with Gasteiger partial charge < -0.3 is 15.5 Å². The highest BCUT2D eigenvalue weighted by molar-refractivity contribution is 7.85. The number of amides is 1. The van der Waals surface area contributed by atoms with Crippen molar-refractivity contribution in [2.45, 2.75) is 135 Å². The van der Waals surface area contributed by atoms with E-state index in [9.17, 15) is 28.0 Å². The largest absolute Gasteiger partial charge is 0.387 e. The van der Waals surface area contributed by atoms with Crippen LogP contribution in [0.1, 0.15) is 117 Å². The van der Waals surface area contributed by atoms with Crippen molar-refractivity contribution in [3.63, 3.8) is 0 Å².